The van der Waals surface area contributed by atoms with Gasteiger partial charge < -0.3 is 10.0 Å². The number of benzene rings is 1. The molecule has 1 N–H and O–H groups in total. The standard InChI is InChI=1S/C14H19FN2O2/c15-13-3-1-2-12(10-13)11-14(19)17-6-4-16(5-7-17)8-9-18/h1-3,10,18H,4-9,11H2. The Kier molecular flexibility index (Phi) is 4.87. The van der Waals surface area contributed by atoms with Crippen molar-refractivity contribution in [2.75, 3.05) is 39.3 Å². The average Bonchev–Trinajstić information content (AvgIpc) is 2.40. The van der Waals surface area contributed by atoms with Gasteiger partial charge in [-0.2, -0.15) is 0 Å². The van der Waals surface area contributed by atoms with E-state index in [0.29, 0.717) is 25.2 Å². The maximum atomic E-state index is 13.0. The first-order valence-corrected chi connectivity index (χ1v) is 6.54. The van der Waals surface area contributed by atoms with Gasteiger partial charge in [0.2, 0.25) is 5.91 Å². The fraction of sp³-hybridized carbons (Fsp3) is 0.500. The number of carbonyl (C=O) groups excluding carboxylic acids is 1. The monoisotopic (exact) mass is 266 g/mol. The van der Waals surface area contributed by atoms with Crippen LogP contribution >= 0.6 is 0 Å². The number of halogens is 1. The Morgan fingerprint density at radius 3 is 2.63 bits per heavy atom. The van der Waals surface area contributed by atoms with Gasteiger partial charge >= 0.3 is 0 Å². The highest BCUT2D eigenvalue weighted by atomic mass is 19.1. The molecule has 0 bridgehead atoms. The molecule has 1 aliphatic rings. The van der Waals surface area contributed by atoms with Gasteiger partial charge in [0.05, 0.1) is 13.0 Å². The molecule has 0 spiro atoms. The number of piperazine rings is 1. The Morgan fingerprint density at radius 1 is 1.26 bits per heavy atom. The maximum absolute atomic E-state index is 13.0. The lowest BCUT2D eigenvalue weighted by Gasteiger charge is -2.34. The van der Waals surface area contributed by atoms with Crippen LogP contribution in [0.4, 0.5) is 4.39 Å². The van der Waals surface area contributed by atoms with Crippen LogP contribution in [-0.4, -0.2) is 60.1 Å². The van der Waals surface area contributed by atoms with Gasteiger partial charge in [-0.05, 0) is 17.7 Å². The highest BCUT2D eigenvalue weighted by Crippen LogP contribution is 2.08. The minimum atomic E-state index is -0.307. The van der Waals surface area contributed by atoms with Crippen LogP contribution in [0.25, 0.3) is 0 Å². The summed E-state index contributed by atoms with van der Waals surface area (Å²) in [7, 11) is 0. The van der Waals surface area contributed by atoms with Crippen molar-refractivity contribution in [2.24, 2.45) is 0 Å². The number of hydrogen-bond acceptors (Lipinski definition) is 3. The molecule has 1 aromatic carbocycles. The van der Waals surface area contributed by atoms with Crippen molar-refractivity contribution in [3.63, 3.8) is 0 Å². The summed E-state index contributed by atoms with van der Waals surface area (Å²) in [6.07, 6.45) is 0.248. The molecule has 1 amide bonds. The summed E-state index contributed by atoms with van der Waals surface area (Å²) in [5.74, 6) is -0.271. The number of carbonyl (C=O) groups is 1. The summed E-state index contributed by atoms with van der Waals surface area (Å²) in [5, 5.41) is 8.86. The molecule has 1 heterocycles. The number of aliphatic hydroxyl groups excluding tert-OH is 1. The zero-order chi connectivity index (χ0) is 13.7. The molecule has 0 aromatic heterocycles. The molecule has 5 heteroatoms. The van der Waals surface area contributed by atoms with E-state index in [2.05, 4.69) is 4.90 Å². The van der Waals surface area contributed by atoms with Crippen LogP contribution in [0.3, 0.4) is 0 Å². The van der Waals surface area contributed by atoms with Gasteiger partial charge in [0.15, 0.2) is 0 Å². The predicted octanol–water partition coefficient (Wildman–Crippen LogP) is 0.505. The Hall–Kier alpha value is -1.46. The molecule has 0 radical (unpaired) electrons. The minimum Gasteiger partial charge on any atom is -0.395 e. The molecule has 1 fully saturated rings. The van der Waals surface area contributed by atoms with Crippen molar-refractivity contribution in [1.29, 1.82) is 0 Å². The van der Waals surface area contributed by atoms with Gasteiger partial charge in [-0.3, -0.25) is 9.69 Å². The van der Waals surface area contributed by atoms with E-state index in [1.807, 2.05) is 0 Å². The third kappa shape index (κ3) is 4.01. The third-order valence-electron chi connectivity index (χ3n) is 3.39. The van der Waals surface area contributed by atoms with E-state index < -0.39 is 0 Å². The molecular weight excluding hydrogens is 247 g/mol. The summed E-state index contributed by atoms with van der Waals surface area (Å²) >= 11 is 0. The van der Waals surface area contributed by atoms with Crippen molar-refractivity contribution in [3.05, 3.63) is 35.6 Å². The normalized spacial score (nSPS) is 16.6. The number of nitrogens with zero attached hydrogens (tertiary/aromatic N) is 2. The fourth-order valence-electron chi connectivity index (χ4n) is 2.30. The van der Waals surface area contributed by atoms with Crippen molar-refractivity contribution in [2.45, 2.75) is 6.42 Å². The second-order valence-electron chi connectivity index (χ2n) is 4.75. The summed E-state index contributed by atoms with van der Waals surface area (Å²) in [6.45, 7) is 3.73. The molecule has 0 aliphatic carbocycles. The number of hydrogen-bond donors (Lipinski definition) is 1. The van der Waals surface area contributed by atoms with Crippen LogP contribution in [0.2, 0.25) is 0 Å². The van der Waals surface area contributed by atoms with Crippen LogP contribution in [0.5, 0.6) is 0 Å². The lowest BCUT2D eigenvalue weighted by atomic mass is 10.1. The predicted molar refractivity (Wildman–Crippen MR) is 70.2 cm³/mol. The van der Waals surface area contributed by atoms with E-state index in [0.717, 1.165) is 13.1 Å². The fourth-order valence-corrected chi connectivity index (χ4v) is 2.30. The van der Waals surface area contributed by atoms with E-state index in [-0.39, 0.29) is 24.8 Å². The zero-order valence-electron chi connectivity index (χ0n) is 10.9. The Bertz CT molecular complexity index is 431. The first kappa shape index (κ1) is 14.0. The van der Waals surface area contributed by atoms with Crippen molar-refractivity contribution in [3.8, 4) is 0 Å². The van der Waals surface area contributed by atoms with E-state index in [1.54, 1.807) is 17.0 Å². The molecule has 19 heavy (non-hydrogen) atoms. The molecule has 1 aromatic rings. The summed E-state index contributed by atoms with van der Waals surface area (Å²) in [5.41, 5.74) is 0.711. The van der Waals surface area contributed by atoms with E-state index in [9.17, 15) is 9.18 Å². The van der Waals surface area contributed by atoms with Gasteiger partial charge in [0.1, 0.15) is 5.82 Å². The molecule has 4 nitrogen and oxygen atoms in total. The number of β-amino-alcohol motifs (C(OH)–C–C–N with tert-alkyl or cyclic N) is 1. The zero-order valence-corrected chi connectivity index (χ0v) is 10.9. The number of aliphatic hydroxyl groups is 1. The summed E-state index contributed by atoms with van der Waals surface area (Å²) in [4.78, 5) is 16.0. The Balaban J connectivity index is 1.84. The van der Waals surface area contributed by atoms with Crippen molar-refractivity contribution >= 4 is 5.91 Å². The van der Waals surface area contributed by atoms with E-state index in [1.165, 1.54) is 12.1 Å². The summed E-state index contributed by atoms with van der Waals surface area (Å²) < 4.78 is 13.0. The van der Waals surface area contributed by atoms with Crippen LogP contribution < -0.4 is 0 Å². The molecule has 0 unspecified atom stereocenters. The van der Waals surface area contributed by atoms with Gasteiger partial charge in [0, 0.05) is 32.7 Å². The van der Waals surface area contributed by atoms with Crippen LogP contribution in [-0.2, 0) is 11.2 Å². The van der Waals surface area contributed by atoms with Crippen molar-refractivity contribution in [1.82, 2.24) is 9.80 Å². The van der Waals surface area contributed by atoms with Crippen LogP contribution in [0.1, 0.15) is 5.56 Å². The first-order chi connectivity index (χ1) is 9.19. The highest BCUT2D eigenvalue weighted by Gasteiger charge is 2.20. The van der Waals surface area contributed by atoms with Gasteiger partial charge in [-0.1, -0.05) is 12.1 Å². The van der Waals surface area contributed by atoms with E-state index in [4.69, 9.17) is 5.11 Å². The summed E-state index contributed by atoms with van der Waals surface area (Å²) in [6, 6.07) is 6.17. The first-order valence-electron chi connectivity index (χ1n) is 6.54. The second kappa shape index (κ2) is 6.63. The second-order valence-corrected chi connectivity index (χ2v) is 4.75. The minimum absolute atomic E-state index is 0.0363. The third-order valence-corrected chi connectivity index (χ3v) is 3.39. The molecule has 1 saturated heterocycles. The number of amides is 1. The maximum Gasteiger partial charge on any atom is 0.227 e. The molecule has 0 atom stereocenters. The SMILES string of the molecule is O=C(Cc1cccc(F)c1)N1CCN(CCO)CC1. The quantitative estimate of drug-likeness (QED) is 0.863. The molecule has 0 saturated carbocycles. The van der Waals surface area contributed by atoms with Gasteiger partial charge in [-0.15, -0.1) is 0 Å². The molecular formula is C14H19FN2O2. The largest absolute Gasteiger partial charge is 0.395 e. The lowest BCUT2D eigenvalue weighted by molar-refractivity contribution is -0.132. The van der Waals surface area contributed by atoms with Gasteiger partial charge in [0.25, 0.3) is 0 Å². The molecule has 2 rings (SSSR count). The smallest absolute Gasteiger partial charge is 0.227 e. The van der Waals surface area contributed by atoms with Crippen molar-refractivity contribution < 1.29 is 14.3 Å². The Morgan fingerprint density at radius 2 is 2.00 bits per heavy atom. The number of rotatable bonds is 4. The van der Waals surface area contributed by atoms with E-state index >= 15 is 0 Å². The van der Waals surface area contributed by atoms with Crippen LogP contribution in [0, 0.1) is 5.82 Å². The van der Waals surface area contributed by atoms with Crippen LogP contribution in [0.15, 0.2) is 24.3 Å². The highest BCUT2D eigenvalue weighted by molar-refractivity contribution is 5.78. The molecule has 104 valence electrons. The lowest BCUT2D eigenvalue weighted by Crippen LogP contribution is -2.49. The molecule has 1 aliphatic heterocycles. The topological polar surface area (TPSA) is 43.8 Å². The Labute approximate surface area is 112 Å². The average molecular weight is 266 g/mol. The van der Waals surface area contributed by atoms with Gasteiger partial charge in [-0.25, -0.2) is 4.39 Å².